The summed E-state index contributed by atoms with van der Waals surface area (Å²) in [6.45, 7) is 2.46. The highest BCUT2D eigenvalue weighted by Crippen LogP contribution is 2.39. The van der Waals surface area contributed by atoms with Gasteiger partial charge < -0.3 is 23.8 Å². The maximum Gasteiger partial charge on any atom is 0.453 e. The second-order valence-corrected chi connectivity index (χ2v) is 6.76. The van der Waals surface area contributed by atoms with Gasteiger partial charge >= 0.3 is 6.18 Å². The van der Waals surface area contributed by atoms with E-state index >= 15 is 0 Å². The van der Waals surface area contributed by atoms with E-state index in [1.54, 1.807) is 13.8 Å². The monoisotopic (exact) mass is 441 g/mol. The largest absolute Gasteiger partial charge is 0.546 e. The highest BCUT2D eigenvalue weighted by Gasteiger charge is 2.40. The maximum absolute atomic E-state index is 13.6. The number of carboxylic acids is 1. The van der Waals surface area contributed by atoms with E-state index in [9.17, 15) is 27.9 Å². The summed E-state index contributed by atoms with van der Waals surface area (Å²) in [7, 11) is 0. The Morgan fingerprint density at radius 3 is 2.33 bits per heavy atom. The number of aryl methyl sites for hydroxylation is 2. The van der Waals surface area contributed by atoms with E-state index in [0.717, 1.165) is 12.1 Å². The lowest BCUT2D eigenvalue weighted by molar-refractivity contribution is -0.307. The summed E-state index contributed by atoms with van der Waals surface area (Å²) in [6.07, 6.45) is -5.04. The molecule has 0 aliphatic rings. The number of alkyl halides is 3. The quantitative estimate of drug-likeness (QED) is 0.594. The normalized spacial score (nSPS) is 11.5. The van der Waals surface area contributed by atoms with Crippen LogP contribution in [0.1, 0.15) is 16.9 Å². The van der Waals surface area contributed by atoms with Crippen LogP contribution in [0.5, 0.6) is 17.2 Å². The molecule has 1 heterocycles. The van der Waals surface area contributed by atoms with Gasteiger partial charge in [-0.2, -0.15) is 13.2 Å². The Labute approximate surface area is 172 Å². The number of aliphatic carboxylic acids is 1. The van der Waals surface area contributed by atoms with Crippen LogP contribution in [-0.4, -0.2) is 12.6 Å². The van der Waals surface area contributed by atoms with Gasteiger partial charge in [-0.3, -0.25) is 4.79 Å². The van der Waals surface area contributed by atoms with Gasteiger partial charge in [-0.15, -0.1) is 0 Å². The number of fused-ring (bicyclic) bond motifs is 1. The van der Waals surface area contributed by atoms with E-state index in [1.807, 2.05) is 0 Å². The lowest BCUT2D eigenvalue weighted by Crippen LogP contribution is -2.28. The summed E-state index contributed by atoms with van der Waals surface area (Å²) in [4.78, 5) is 23.2. The van der Waals surface area contributed by atoms with Crippen LogP contribution in [0.25, 0.3) is 11.0 Å². The van der Waals surface area contributed by atoms with Crippen LogP contribution in [0.3, 0.4) is 0 Å². The van der Waals surface area contributed by atoms with Crippen molar-refractivity contribution in [1.82, 2.24) is 0 Å². The van der Waals surface area contributed by atoms with Gasteiger partial charge in [0, 0.05) is 11.1 Å². The molecule has 0 N–H and O–H groups in total. The van der Waals surface area contributed by atoms with Crippen molar-refractivity contribution >= 4 is 28.5 Å². The van der Waals surface area contributed by atoms with Gasteiger partial charge in [-0.05, 0) is 49.2 Å². The van der Waals surface area contributed by atoms with Crippen LogP contribution in [0, 0.1) is 13.8 Å². The van der Waals surface area contributed by atoms with E-state index in [0.29, 0.717) is 16.1 Å². The van der Waals surface area contributed by atoms with Crippen molar-refractivity contribution in [3.63, 3.8) is 0 Å². The van der Waals surface area contributed by atoms with Gasteiger partial charge in [-0.1, -0.05) is 11.6 Å². The van der Waals surface area contributed by atoms with Crippen LogP contribution in [-0.2, 0) is 11.0 Å². The molecule has 30 heavy (non-hydrogen) atoms. The average molecular weight is 442 g/mol. The molecule has 158 valence electrons. The van der Waals surface area contributed by atoms with Crippen molar-refractivity contribution in [2.75, 3.05) is 6.61 Å². The Kier molecular flexibility index (Phi) is 5.67. The molecule has 3 aromatic rings. The van der Waals surface area contributed by atoms with Crippen molar-refractivity contribution in [1.29, 1.82) is 0 Å². The number of carbonyl (C=O) groups is 1. The summed E-state index contributed by atoms with van der Waals surface area (Å²) >= 11 is 6.06. The summed E-state index contributed by atoms with van der Waals surface area (Å²) < 4.78 is 55.8. The molecule has 0 atom stereocenters. The Hall–Kier alpha value is -3.20. The average Bonchev–Trinajstić information content (AvgIpc) is 2.65. The number of benzene rings is 2. The minimum Gasteiger partial charge on any atom is -0.546 e. The van der Waals surface area contributed by atoms with E-state index in [-0.39, 0.29) is 16.9 Å². The molecule has 1 aromatic heterocycles. The number of hydrogen-bond acceptors (Lipinski definition) is 6. The molecule has 0 saturated heterocycles. The molecule has 0 saturated carbocycles. The summed E-state index contributed by atoms with van der Waals surface area (Å²) in [5.74, 6) is -4.31. The summed E-state index contributed by atoms with van der Waals surface area (Å²) in [5, 5.41) is 10.7. The van der Waals surface area contributed by atoms with Crippen LogP contribution in [0.2, 0.25) is 5.02 Å². The molecule has 0 aliphatic carbocycles. The Morgan fingerprint density at radius 1 is 1.13 bits per heavy atom. The number of carboxylic acid groups (broad SMARTS) is 1. The van der Waals surface area contributed by atoms with Gasteiger partial charge in [0.2, 0.25) is 11.2 Å². The number of carbonyl (C=O) groups excluding carboxylic acids is 1. The van der Waals surface area contributed by atoms with Crippen molar-refractivity contribution in [2.45, 2.75) is 20.0 Å². The highest BCUT2D eigenvalue weighted by molar-refractivity contribution is 6.32. The Morgan fingerprint density at radius 2 is 1.77 bits per heavy atom. The van der Waals surface area contributed by atoms with Crippen LogP contribution >= 0.6 is 11.6 Å². The second kappa shape index (κ2) is 7.91. The van der Waals surface area contributed by atoms with Gasteiger partial charge in [0.05, 0.1) is 11.4 Å². The molecule has 0 spiro atoms. The third kappa shape index (κ3) is 4.35. The summed E-state index contributed by atoms with van der Waals surface area (Å²) in [6, 6.07) is 6.15. The van der Waals surface area contributed by atoms with Crippen LogP contribution in [0.15, 0.2) is 39.5 Å². The van der Waals surface area contributed by atoms with Gasteiger partial charge in [-0.25, -0.2) is 0 Å². The number of ether oxygens (including phenoxy) is 2. The first kappa shape index (κ1) is 21.5. The fourth-order valence-corrected chi connectivity index (χ4v) is 2.86. The van der Waals surface area contributed by atoms with Crippen LogP contribution < -0.4 is 20.0 Å². The van der Waals surface area contributed by atoms with Crippen molar-refractivity contribution in [3.8, 4) is 17.2 Å². The molecule has 0 amide bonds. The zero-order chi connectivity index (χ0) is 22.2. The first-order valence-electron chi connectivity index (χ1n) is 8.42. The molecule has 3 rings (SSSR count). The lowest BCUT2D eigenvalue weighted by atomic mass is 10.1. The van der Waals surface area contributed by atoms with Gasteiger partial charge in [0.25, 0.3) is 5.76 Å². The molecule has 0 bridgehead atoms. The third-order valence-electron chi connectivity index (χ3n) is 4.07. The molecule has 2 aromatic carbocycles. The van der Waals surface area contributed by atoms with Gasteiger partial charge in [0.15, 0.2) is 0 Å². The predicted molar refractivity (Wildman–Crippen MR) is 99.0 cm³/mol. The number of hydrogen-bond donors (Lipinski definition) is 0. The maximum atomic E-state index is 13.6. The molecule has 10 heteroatoms. The minimum atomic E-state index is -5.04. The predicted octanol–water partition coefficient (Wildman–Crippen LogP) is 4.00. The van der Waals surface area contributed by atoms with Crippen molar-refractivity contribution in [3.05, 3.63) is 62.5 Å². The van der Waals surface area contributed by atoms with E-state index in [4.69, 9.17) is 25.5 Å². The first-order valence-corrected chi connectivity index (χ1v) is 8.80. The zero-order valence-electron chi connectivity index (χ0n) is 15.6. The van der Waals surface area contributed by atoms with Gasteiger partial charge in [0.1, 0.15) is 23.7 Å². The Balaban J connectivity index is 2.15. The van der Waals surface area contributed by atoms with E-state index in [1.165, 1.54) is 18.2 Å². The SMILES string of the molecule is Cc1cc(Oc2c(C(F)(F)F)oc3cc(OCC(=O)[O-])ccc3c2=O)cc(C)c1Cl. The zero-order valence-corrected chi connectivity index (χ0v) is 16.3. The fraction of sp³-hybridized carbons (Fsp3) is 0.200. The van der Waals surface area contributed by atoms with Crippen LogP contribution in [0.4, 0.5) is 13.2 Å². The van der Waals surface area contributed by atoms with Crippen molar-refractivity contribution in [2.24, 2.45) is 0 Å². The molecular formula is C20H13ClF3O6-. The van der Waals surface area contributed by atoms with E-state index < -0.39 is 41.3 Å². The first-order chi connectivity index (χ1) is 14.0. The second-order valence-electron chi connectivity index (χ2n) is 6.38. The van der Waals surface area contributed by atoms with E-state index in [2.05, 4.69) is 0 Å². The molecule has 0 fully saturated rings. The van der Waals surface area contributed by atoms with Crippen molar-refractivity contribution < 1.29 is 37.0 Å². The standard InChI is InChI=1S/C20H14ClF3O6/c1-9-5-12(6-10(2)16(9)21)29-18-17(27)13-4-3-11(28-8-15(25)26)7-14(13)30-19(18)20(22,23)24/h3-7H,8H2,1-2H3,(H,25,26)/p-1. The molecule has 0 radical (unpaired) electrons. The molecular weight excluding hydrogens is 429 g/mol. The topological polar surface area (TPSA) is 88.8 Å². The third-order valence-corrected chi connectivity index (χ3v) is 4.66. The molecule has 0 aliphatic heterocycles. The highest BCUT2D eigenvalue weighted by atomic mass is 35.5. The fourth-order valence-electron chi connectivity index (χ4n) is 2.75. The smallest absolute Gasteiger partial charge is 0.453 e. The summed E-state index contributed by atoms with van der Waals surface area (Å²) in [5.41, 5.74) is -0.389. The lowest BCUT2D eigenvalue weighted by Gasteiger charge is -2.15. The number of rotatable bonds is 5. The Bertz CT molecular complexity index is 1180. The minimum absolute atomic E-state index is 0.0135. The number of halogens is 4. The molecule has 0 unspecified atom stereocenters. The molecule has 6 nitrogen and oxygen atoms in total.